The van der Waals surface area contributed by atoms with Crippen LogP contribution in [0.2, 0.25) is 5.02 Å². The van der Waals surface area contributed by atoms with Gasteiger partial charge in [0.05, 0.1) is 9.92 Å². The lowest BCUT2D eigenvalue weighted by atomic mass is 10.3. The van der Waals surface area contributed by atoms with E-state index in [0.29, 0.717) is 11.8 Å². The highest BCUT2D eigenvalue weighted by atomic mass is 35.5. The average molecular weight is 246 g/mol. The van der Waals surface area contributed by atoms with E-state index in [9.17, 15) is 8.78 Å². The van der Waals surface area contributed by atoms with Crippen molar-refractivity contribution in [3.05, 3.63) is 23.2 Å². The van der Waals surface area contributed by atoms with E-state index in [1.807, 2.05) is 0 Å². The number of thioether (sulfide) groups is 1. The van der Waals surface area contributed by atoms with Gasteiger partial charge >= 0.3 is 0 Å². The first-order chi connectivity index (χ1) is 5.61. The average Bonchev–Trinajstić information content (AvgIpc) is 1.97. The lowest BCUT2D eigenvalue weighted by molar-refractivity contribution is 0.252. The molecule has 0 bridgehead atoms. The van der Waals surface area contributed by atoms with Gasteiger partial charge in [0.1, 0.15) is 0 Å². The molecule has 1 aromatic rings. The van der Waals surface area contributed by atoms with Gasteiger partial charge in [-0.1, -0.05) is 29.4 Å². The lowest BCUT2D eigenvalue weighted by Gasteiger charge is -2.05. The predicted octanol–water partition coefficient (Wildman–Crippen LogP) is 3.66. The summed E-state index contributed by atoms with van der Waals surface area (Å²) in [7, 11) is 0. The van der Waals surface area contributed by atoms with Crippen molar-refractivity contribution >= 4 is 41.5 Å². The number of halogens is 4. The molecule has 0 unspecified atom stereocenters. The first-order valence-electron chi connectivity index (χ1n) is 3.10. The summed E-state index contributed by atoms with van der Waals surface area (Å²) < 4.78 is 23.9. The molecule has 0 aliphatic heterocycles. The van der Waals surface area contributed by atoms with Crippen LogP contribution in [0, 0.1) is 0 Å². The lowest BCUT2D eigenvalue weighted by Crippen LogP contribution is -1.91. The molecular formula is C7H7Cl2F2NS. The monoisotopic (exact) mass is 245 g/mol. The second-order valence-corrected chi connectivity index (χ2v) is 3.44. The van der Waals surface area contributed by atoms with Crippen molar-refractivity contribution in [1.82, 2.24) is 0 Å². The molecule has 0 saturated carbocycles. The number of nitrogens with two attached hydrogens (primary N) is 1. The fourth-order valence-corrected chi connectivity index (χ4v) is 1.62. The van der Waals surface area contributed by atoms with Crippen molar-refractivity contribution in [3.63, 3.8) is 0 Å². The Kier molecular flexibility index (Phi) is 5.44. The van der Waals surface area contributed by atoms with Gasteiger partial charge in [-0.25, -0.2) is 0 Å². The van der Waals surface area contributed by atoms with Crippen LogP contribution in [0.3, 0.4) is 0 Å². The molecule has 2 N–H and O–H groups in total. The summed E-state index contributed by atoms with van der Waals surface area (Å²) >= 11 is 6.00. The molecule has 1 aromatic carbocycles. The number of hydrogen-bond acceptors (Lipinski definition) is 2. The van der Waals surface area contributed by atoms with Crippen molar-refractivity contribution in [1.29, 1.82) is 0 Å². The minimum atomic E-state index is -2.49. The van der Waals surface area contributed by atoms with Crippen LogP contribution < -0.4 is 5.73 Å². The first-order valence-corrected chi connectivity index (χ1v) is 4.36. The molecule has 6 heteroatoms. The van der Waals surface area contributed by atoms with Gasteiger partial charge in [0.2, 0.25) is 0 Å². The van der Waals surface area contributed by atoms with Gasteiger partial charge in [0.25, 0.3) is 5.76 Å². The normalized spacial score (nSPS) is 9.85. The number of rotatable bonds is 2. The molecule has 0 spiro atoms. The van der Waals surface area contributed by atoms with Crippen LogP contribution in [0.25, 0.3) is 0 Å². The molecule has 0 aromatic heterocycles. The molecule has 74 valence electrons. The fraction of sp³-hybridized carbons (Fsp3) is 0.143. The van der Waals surface area contributed by atoms with Gasteiger partial charge in [0, 0.05) is 5.69 Å². The van der Waals surface area contributed by atoms with Crippen LogP contribution in [0.15, 0.2) is 23.1 Å². The number of alkyl halides is 2. The highest BCUT2D eigenvalue weighted by Crippen LogP contribution is 2.35. The van der Waals surface area contributed by atoms with Crippen LogP contribution in [-0.2, 0) is 0 Å². The fourth-order valence-electron chi connectivity index (χ4n) is 0.739. The summed E-state index contributed by atoms with van der Waals surface area (Å²) in [5.41, 5.74) is 5.72. The third-order valence-corrected chi connectivity index (χ3v) is 2.50. The van der Waals surface area contributed by atoms with E-state index < -0.39 is 5.76 Å². The van der Waals surface area contributed by atoms with Crippen LogP contribution in [0.1, 0.15) is 0 Å². The summed E-state index contributed by atoms with van der Waals surface area (Å²) in [6.45, 7) is 0. The smallest absolute Gasteiger partial charge is 0.289 e. The van der Waals surface area contributed by atoms with E-state index in [0.717, 1.165) is 0 Å². The molecule has 1 nitrogen and oxygen atoms in total. The minimum absolute atomic E-state index is 0. The first kappa shape index (κ1) is 12.8. The van der Waals surface area contributed by atoms with Gasteiger partial charge in [0.15, 0.2) is 0 Å². The molecule has 13 heavy (non-hydrogen) atoms. The van der Waals surface area contributed by atoms with Crippen molar-refractivity contribution in [2.24, 2.45) is 0 Å². The zero-order chi connectivity index (χ0) is 9.14. The number of hydrogen-bond donors (Lipinski definition) is 1. The summed E-state index contributed by atoms with van der Waals surface area (Å²) in [6.07, 6.45) is 0. The third kappa shape index (κ3) is 3.58. The van der Waals surface area contributed by atoms with Gasteiger partial charge in [-0.05, 0) is 12.1 Å². The zero-order valence-electron chi connectivity index (χ0n) is 6.34. The van der Waals surface area contributed by atoms with Crippen molar-refractivity contribution < 1.29 is 8.78 Å². The summed E-state index contributed by atoms with van der Waals surface area (Å²) in [4.78, 5) is 0.245. The topological polar surface area (TPSA) is 26.0 Å². The molecule has 0 radical (unpaired) electrons. The molecule has 0 heterocycles. The molecule has 0 amide bonds. The standard InChI is InChI=1S/C7H6ClF2NS.ClH/c8-4-2-1-3-5(11)6(4)12-7(9)10;/h1-3,7H,11H2;1H. The van der Waals surface area contributed by atoms with Gasteiger partial charge < -0.3 is 5.73 Å². The summed E-state index contributed by atoms with van der Waals surface area (Å²) in [6, 6.07) is 4.69. The van der Waals surface area contributed by atoms with Gasteiger partial charge in [-0.3, -0.25) is 0 Å². The van der Waals surface area contributed by atoms with E-state index in [-0.39, 0.29) is 28.0 Å². The van der Waals surface area contributed by atoms with Crippen LogP contribution in [-0.4, -0.2) is 5.76 Å². The quantitative estimate of drug-likeness (QED) is 0.636. The van der Waals surface area contributed by atoms with E-state index in [1.54, 1.807) is 6.07 Å². The highest BCUT2D eigenvalue weighted by molar-refractivity contribution is 7.99. The van der Waals surface area contributed by atoms with Crippen LogP contribution >= 0.6 is 35.8 Å². The molecule has 0 aliphatic rings. The minimum Gasteiger partial charge on any atom is -0.398 e. The number of anilines is 1. The maximum absolute atomic E-state index is 11.9. The molecule has 1 rings (SSSR count). The maximum atomic E-state index is 11.9. The molecule has 0 fully saturated rings. The van der Waals surface area contributed by atoms with E-state index in [2.05, 4.69) is 0 Å². The Hall–Kier alpha value is -0.190. The SMILES string of the molecule is Cl.Nc1cccc(Cl)c1SC(F)F. The second-order valence-electron chi connectivity index (χ2n) is 2.04. The summed E-state index contributed by atoms with van der Waals surface area (Å²) in [5.74, 6) is -2.49. The molecule has 0 aliphatic carbocycles. The van der Waals surface area contributed by atoms with E-state index in [1.165, 1.54) is 12.1 Å². The Balaban J connectivity index is 0.00000144. The van der Waals surface area contributed by atoms with Crippen molar-refractivity contribution in [2.75, 3.05) is 5.73 Å². The van der Waals surface area contributed by atoms with Gasteiger partial charge in [-0.15, -0.1) is 12.4 Å². The second kappa shape index (κ2) is 5.52. The molecule has 0 atom stereocenters. The van der Waals surface area contributed by atoms with Crippen LogP contribution in [0.4, 0.5) is 14.5 Å². The molecule has 0 saturated heterocycles. The Morgan fingerprint density at radius 2 is 2.00 bits per heavy atom. The Bertz CT molecular complexity index is 263. The van der Waals surface area contributed by atoms with Crippen molar-refractivity contribution in [2.45, 2.75) is 10.7 Å². The highest BCUT2D eigenvalue weighted by Gasteiger charge is 2.11. The number of nitrogen functional groups attached to an aromatic ring is 1. The van der Waals surface area contributed by atoms with Gasteiger partial charge in [-0.2, -0.15) is 8.78 Å². The molecular weight excluding hydrogens is 239 g/mol. The summed E-state index contributed by atoms with van der Waals surface area (Å²) in [5, 5.41) is 0.264. The number of benzene rings is 1. The van der Waals surface area contributed by atoms with E-state index in [4.69, 9.17) is 17.3 Å². The van der Waals surface area contributed by atoms with E-state index >= 15 is 0 Å². The predicted molar refractivity (Wildman–Crippen MR) is 55.0 cm³/mol. The Labute approximate surface area is 90.0 Å². The maximum Gasteiger partial charge on any atom is 0.289 e. The largest absolute Gasteiger partial charge is 0.398 e. The zero-order valence-corrected chi connectivity index (χ0v) is 8.73. The van der Waals surface area contributed by atoms with Crippen LogP contribution in [0.5, 0.6) is 0 Å². The van der Waals surface area contributed by atoms with Crippen molar-refractivity contribution in [3.8, 4) is 0 Å². The Morgan fingerprint density at radius 1 is 1.38 bits per heavy atom. The Morgan fingerprint density at radius 3 is 2.46 bits per heavy atom. The third-order valence-electron chi connectivity index (χ3n) is 1.20.